The number of hydrogen-bond donors (Lipinski definition) is 4. The number of hydrogen-bond acceptors (Lipinski definition) is 6. The average molecular weight is 264 g/mol. The minimum atomic E-state index is -1.69. The van der Waals surface area contributed by atoms with Gasteiger partial charge in [-0.25, -0.2) is 4.79 Å². The number of ether oxygens (including phenoxy) is 2. The summed E-state index contributed by atoms with van der Waals surface area (Å²) in [6.07, 6.45) is -7.13. The van der Waals surface area contributed by atoms with Gasteiger partial charge in [0.05, 0.1) is 5.60 Å². The molecule has 5 atom stereocenters. The maximum absolute atomic E-state index is 10.9. The molecule has 0 radical (unpaired) electrons. The van der Waals surface area contributed by atoms with E-state index >= 15 is 0 Å². The number of aliphatic hydroxyl groups is 3. The van der Waals surface area contributed by atoms with Crippen molar-refractivity contribution in [2.75, 3.05) is 0 Å². The van der Waals surface area contributed by atoms with Crippen molar-refractivity contribution in [2.45, 2.75) is 63.5 Å². The zero-order valence-electron chi connectivity index (χ0n) is 10.6. The van der Waals surface area contributed by atoms with Crippen LogP contribution in [0.1, 0.15) is 27.2 Å². The highest BCUT2D eigenvalue weighted by Gasteiger charge is 2.48. The fourth-order valence-electron chi connectivity index (χ4n) is 1.55. The minimum absolute atomic E-state index is 0.607. The molecule has 0 bridgehead atoms. The van der Waals surface area contributed by atoms with E-state index in [4.69, 9.17) is 14.6 Å². The van der Waals surface area contributed by atoms with Gasteiger partial charge < -0.3 is 29.9 Å². The van der Waals surface area contributed by atoms with E-state index in [1.165, 1.54) is 0 Å². The maximum atomic E-state index is 10.9. The summed E-state index contributed by atoms with van der Waals surface area (Å²) in [5, 5.41) is 37.6. The third kappa shape index (κ3) is 3.18. The van der Waals surface area contributed by atoms with Crippen LogP contribution in [-0.2, 0) is 14.3 Å². The molecule has 18 heavy (non-hydrogen) atoms. The molecular weight excluding hydrogens is 244 g/mol. The molecule has 0 aromatic carbocycles. The predicted octanol–water partition coefficient (Wildman–Crippen LogP) is -0.916. The highest BCUT2D eigenvalue weighted by atomic mass is 16.7. The van der Waals surface area contributed by atoms with Gasteiger partial charge in [0.1, 0.15) is 18.3 Å². The van der Waals surface area contributed by atoms with E-state index in [0.717, 1.165) is 0 Å². The first-order valence-corrected chi connectivity index (χ1v) is 5.80. The lowest BCUT2D eigenvalue weighted by atomic mass is 9.98. The Kier molecular flexibility index (Phi) is 4.68. The van der Waals surface area contributed by atoms with Gasteiger partial charge in [-0.15, -0.1) is 0 Å². The number of carbonyl (C=O) groups is 1. The summed E-state index contributed by atoms with van der Waals surface area (Å²) < 4.78 is 10.4. The Hall–Kier alpha value is -0.730. The van der Waals surface area contributed by atoms with Crippen LogP contribution in [0.25, 0.3) is 0 Å². The SMILES string of the molecule is CCC(C)(C)O[C@@H]1OC(C(=O)O)[C@@H](O)C(O)[C@@H]1O. The number of carboxylic acid groups (broad SMARTS) is 1. The smallest absolute Gasteiger partial charge is 0.335 e. The monoisotopic (exact) mass is 264 g/mol. The number of aliphatic carboxylic acids is 1. The lowest BCUT2D eigenvalue weighted by Crippen LogP contribution is -2.61. The topological polar surface area (TPSA) is 116 Å². The van der Waals surface area contributed by atoms with E-state index in [9.17, 15) is 20.1 Å². The molecule has 0 saturated carbocycles. The zero-order chi connectivity index (χ0) is 14.1. The summed E-state index contributed by atoms with van der Waals surface area (Å²) in [5.74, 6) is -1.42. The fraction of sp³-hybridized carbons (Fsp3) is 0.909. The van der Waals surface area contributed by atoms with Gasteiger partial charge in [0.2, 0.25) is 0 Å². The lowest BCUT2D eigenvalue weighted by Gasteiger charge is -2.41. The molecule has 1 saturated heterocycles. The van der Waals surface area contributed by atoms with Crippen LogP contribution in [0.3, 0.4) is 0 Å². The molecular formula is C11H20O7. The second kappa shape index (κ2) is 5.50. The maximum Gasteiger partial charge on any atom is 0.335 e. The van der Waals surface area contributed by atoms with Gasteiger partial charge in [-0.3, -0.25) is 0 Å². The Bertz CT molecular complexity index is 304. The van der Waals surface area contributed by atoms with Crippen LogP contribution in [0.2, 0.25) is 0 Å². The standard InChI is InChI=1S/C11H20O7/c1-4-11(2,3)18-10-7(14)5(12)6(13)8(17-10)9(15)16/h5-8,10,12-14H,4H2,1-3H3,(H,15,16)/t5?,6-,7-,8?,10-/m0/s1. The Morgan fingerprint density at radius 3 is 2.22 bits per heavy atom. The van der Waals surface area contributed by atoms with Crippen LogP contribution >= 0.6 is 0 Å². The number of carboxylic acids is 1. The van der Waals surface area contributed by atoms with Crippen LogP contribution in [0, 0.1) is 0 Å². The van der Waals surface area contributed by atoms with Crippen molar-refractivity contribution in [3.63, 3.8) is 0 Å². The molecule has 1 fully saturated rings. The third-order valence-corrected chi connectivity index (χ3v) is 3.10. The zero-order valence-corrected chi connectivity index (χ0v) is 10.6. The third-order valence-electron chi connectivity index (χ3n) is 3.10. The molecule has 106 valence electrons. The van der Waals surface area contributed by atoms with E-state index in [0.29, 0.717) is 6.42 Å². The van der Waals surface area contributed by atoms with Crippen molar-refractivity contribution < 1.29 is 34.7 Å². The van der Waals surface area contributed by atoms with Crippen molar-refractivity contribution in [3.05, 3.63) is 0 Å². The molecule has 7 heteroatoms. The summed E-state index contributed by atoms with van der Waals surface area (Å²) in [7, 11) is 0. The molecule has 0 aliphatic carbocycles. The Morgan fingerprint density at radius 2 is 1.78 bits per heavy atom. The largest absolute Gasteiger partial charge is 0.479 e. The first-order valence-electron chi connectivity index (χ1n) is 5.80. The van der Waals surface area contributed by atoms with Gasteiger partial charge in [-0.1, -0.05) is 6.92 Å². The van der Waals surface area contributed by atoms with Gasteiger partial charge in [-0.2, -0.15) is 0 Å². The van der Waals surface area contributed by atoms with Crippen LogP contribution < -0.4 is 0 Å². The molecule has 1 heterocycles. The normalized spacial score (nSPS) is 37.6. The first-order chi connectivity index (χ1) is 8.19. The molecule has 1 aliphatic heterocycles. The molecule has 0 spiro atoms. The van der Waals surface area contributed by atoms with E-state index in [2.05, 4.69) is 0 Å². The van der Waals surface area contributed by atoms with Gasteiger partial charge >= 0.3 is 5.97 Å². The van der Waals surface area contributed by atoms with Crippen molar-refractivity contribution in [1.29, 1.82) is 0 Å². The predicted molar refractivity (Wildman–Crippen MR) is 59.8 cm³/mol. The lowest BCUT2D eigenvalue weighted by molar-refractivity contribution is -0.316. The molecule has 0 amide bonds. The summed E-state index contributed by atoms with van der Waals surface area (Å²) >= 11 is 0. The second-order valence-electron chi connectivity index (χ2n) is 4.97. The van der Waals surface area contributed by atoms with Gasteiger partial charge in [0, 0.05) is 0 Å². The second-order valence-corrected chi connectivity index (χ2v) is 4.97. The highest BCUT2D eigenvalue weighted by Crippen LogP contribution is 2.27. The van der Waals surface area contributed by atoms with E-state index < -0.39 is 42.3 Å². The van der Waals surface area contributed by atoms with Crippen LogP contribution in [0.15, 0.2) is 0 Å². The highest BCUT2D eigenvalue weighted by molar-refractivity contribution is 5.73. The fourth-order valence-corrected chi connectivity index (χ4v) is 1.55. The summed E-state index contributed by atoms with van der Waals surface area (Å²) in [4.78, 5) is 10.9. The van der Waals surface area contributed by atoms with E-state index in [-0.39, 0.29) is 0 Å². The molecule has 7 nitrogen and oxygen atoms in total. The summed E-state index contributed by atoms with van der Waals surface area (Å²) in [6.45, 7) is 5.35. The summed E-state index contributed by atoms with van der Waals surface area (Å²) in [5.41, 5.74) is -0.642. The molecule has 1 rings (SSSR count). The van der Waals surface area contributed by atoms with E-state index in [1.54, 1.807) is 13.8 Å². The Labute approximate surface area is 105 Å². The van der Waals surface area contributed by atoms with E-state index in [1.807, 2.05) is 6.92 Å². The van der Waals surface area contributed by atoms with Crippen LogP contribution in [0.5, 0.6) is 0 Å². The van der Waals surface area contributed by atoms with Crippen molar-refractivity contribution >= 4 is 5.97 Å². The van der Waals surface area contributed by atoms with Crippen LogP contribution in [-0.4, -0.2) is 62.7 Å². The van der Waals surface area contributed by atoms with Crippen molar-refractivity contribution in [1.82, 2.24) is 0 Å². The van der Waals surface area contributed by atoms with Gasteiger partial charge in [-0.05, 0) is 20.3 Å². The van der Waals surface area contributed by atoms with Gasteiger partial charge in [0.15, 0.2) is 12.4 Å². The van der Waals surface area contributed by atoms with Crippen molar-refractivity contribution in [3.8, 4) is 0 Å². The molecule has 2 unspecified atom stereocenters. The average Bonchev–Trinajstić information content (AvgIpc) is 2.29. The Balaban J connectivity index is 2.82. The van der Waals surface area contributed by atoms with Crippen molar-refractivity contribution in [2.24, 2.45) is 0 Å². The quantitative estimate of drug-likeness (QED) is 0.519. The molecule has 1 aliphatic rings. The molecule has 0 aromatic rings. The van der Waals surface area contributed by atoms with Crippen LogP contribution in [0.4, 0.5) is 0 Å². The number of rotatable bonds is 4. The molecule has 4 N–H and O–H groups in total. The van der Waals surface area contributed by atoms with Gasteiger partial charge in [0.25, 0.3) is 0 Å². The first kappa shape index (κ1) is 15.3. The summed E-state index contributed by atoms with van der Waals surface area (Å²) in [6, 6.07) is 0. The minimum Gasteiger partial charge on any atom is -0.479 e. The Morgan fingerprint density at radius 1 is 1.22 bits per heavy atom. The number of aliphatic hydroxyl groups excluding tert-OH is 3. The molecule has 0 aromatic heterocycles.